The molecule has 2 aromatic rings. The summed E-state index contributed by atoms with van der Waals surface area (Å²) in [5.41, 5.74) is 2.79. The predicted octanol–water partition coefficient (Wildman–Crippen LogP) is 5.90. The van der Waals surface area contributed by atoms with Crippen LogP contribution in [-0.2, 0) is 19.0 Å². The molecule has 2 heterocycles. The number of nitrogens with zero attached hydrogens (tertiary/aromatic N) is 2. The van der Waals surface area contributed by atoms with E-state index in [-0.39, 0.29) is 18.2 Å². The third-order valence-electron chi connectivity index (χ3n) is 6.29. The molecule has 0 unspecified atom stereocenters. The molecule has 1 saturated heterocycles. The van der Waals surface area contributed by atoms with Crippen LogP contribution in [0.15, 0.2) is 30.3 Å². The topological polar surface area (TPSA) is 90.8 Å². The molecule has 1 aliphatic rings. The summed E-state index contributed by atoms with van der Waals surface area (Å²) < 4.78 is 17.0. The first kappa shape index (κ1) is 27.2. The number of aliphatic hydroxyl groups is 1. The molecule has 0 amide bonds. The van der Waals surface area contributed by atoms with Gasteiger partial charge in [-0.2, -0.15) is 0 Å². The summed E-state index contributed by atoms with van der Waals surface area (Å²) in [4.78, 5) is 21.1. The summed E-state index contributed by atoms with van der Waals surface area (Å²) in [7, 11) is 1.40. The van der Waals surface area contributed by atoms with Crippen molar-refractivity contribution in [3.8, 4) is 0 Å². The maximum absolute atomic E-state index is 11.5. The van der Waals surface area contributed by atoms with Crippen LogP contribution in [0.3, 0.4) is 0 Å². The van der Waals surface area contributed by atoms with Gasteiger partial charge in [0.1, 0.15) is 6.10 Å². The largest absolute Gasteiger partial charge is 0.469 e. The molecular formula is C28H40N2O5. The normalized spacial score (nSPS) is 20.5. The average Bonchev–Trinajstić information content (AvgIpc) is 3.14. The Morgan fingerprint density at radius 1 is 1.11 bits per heavy atom. The van der Waals surface area contributed by atoms with Crippen LogP contribution in [-0.4, -0.2) is 46.1 Å². The number of esters is 1. The highest BCUT2D eigenvalue weighted by Crippen LogP contribution is 2.32. The first-order chi connectivity index (χ1) is 16.8. The van der Waals surface area contributed by atoms with Gasteiger partial charge in [-0.25, -0.2) is 9.97 Å². The number of aromatic nitrogens is 2. The van der Waals surface area contributed by atoms with Gasteiger partial charge in [0.15, 0.2) is 5.79 Å². The molecule has 1 fully saturated rings. The van der Waals surface area contributed by atoms with Crippen LogP contribution in [0.5, 0.6) is 0 Å². The SMILES string of the molecule is CCCCCCC[C@H](O)c1nc2ccccc2nc1/C=C/[C@H]1OC(C)(C)O[C@H]1CCCC(=O)OC. The standard InChI is InChI=1S/C28H40N2O5/c1-5-6-7-8-9-15-23(31)27-22(29-20-13-10-11-14-21(20)30-27)18-19-25-24(34-28(2,3)35-25)16-12-17-26(32)33-4/h10-11,13-14,18-19,23-25,31H,5-9,12,15-17H2,1-4H3/b19-18+/t23-,24-,25+/m0/s1. The Morgan fingerprint density at radius 3 is 2.54 bits per heavy atom. The number of hydrogen-bond donors (Lipinski definition) is 1. The summed E-state index contributed by atoms with van der Waals surface area (Å²) in [6.45, 7) is 5.97. The molecule has 0 aliphatic carbocycles. The molecule has 1 N–H and O–H groups in total. The second-order valence-corrected chi connectivity index (χ2v) is 9.67. The Hall–Kier alpha value is -2.35. The number of rotatable bonds is 13. The molecule has 1 aliphatic heterocycles. The van der Waals surface area contributed by atoms with Gasteiger partial charge in [-0.1, -0.05) is 57.2 Å². The first-order valence-electron chi connectivity index (χ1n) is 12.9. The summed E-state index contributed by atoms with van der Waals surface area (Å²) in [6, 6.07) is 7.70. The van der Waals surface area contributed by atoms with Gasteiger partial charge in [0.2, 0.25) is 0 Å². The first-order valence-corrected chi connectivity index (χ1v) is 12.9. The summed E-state index contributed by atoms with van der Waals surface area (Å²) in [5, 5.41) is 11.0. The zero-order chi connectivity index (χ0) is 25.3. The monoisotopic (exact) mass is 484 g/mol. The van der Waals surface area contributed by atoms with Crippen molar-refractivity contribution in [2.24, 2.45) is 0 Å². The molecule has 0 radical (unpaired) electrons. The third kappa shape index (κ3) is 8.09. The lowest BCUT2D eigenvalue weighted by Crippen LogP contribution is -2.21. The maximum Gasteiger partial charge on any atom is 0.305 e. The lowest BCUT2D eigenvalue weighted by Gasteiger charge is -2.16. The molecule has 0 saturated carbocycles. The van der Waals surface area contributed by atoms with Crippen LogP contribution in [0.25, 0.3) is 17.1 Å². The molecule has 1 aromatic heterocycles. The van der Waals surface area contributed by atoms with Crippen molar-refractivity contribution in [3.63, 3.8) is 0 Å². The highest BCUT2D eigenvalue weighted by molar-refractivity contribution is 5.75. The van der Waals surface area contributed by atoms with E-state index < -0.39 is 11.9 Å². The van der Waals surface area contributed by atoms with Crippen molar-refractivity contribution in [3.05, 3.63) is 41.7 Å². The van der Waals surface area contributed by atoms with E-state index >= 15 is 0 Å². The zero-order valence-corrected chi connectivity index (χ0v) is 21.5. The maximum atomic E-state index is 11.5. The molecule has 7 heteroatoms. The van der Waals surface area contributed by atoms with E-state index in [4.69, 9.17) is 24.2 Å². The summed E-state index contributed by atoms with van der Waals surface area (Å²) >= 11 is 0. The van der Waals surface area contributed by atoms with Crippen molar-refractivity contribution in [2.75, 3.05) is 7.11 Å². The number of carbonyl (C=O) groups is 1. The average molecular weight is 485 g/mol. The Balaban J connectivity index is 1.77. The number of hydrogen-bond acceptors (Lipinski definition) is 7. The Bertz CT molecular complexity index is 990. The molecule has 35 heavy (non-hydrogen) atoms. The molecule has 3 rings (SSSR count). The van der Waals surface area contributed by atoms with Crippen LogP contribution < -0.4 is 0 Å². The fraction of sp³-hybridized carbons (Fsp3) is 0.607. The highest BCUT2D eigenvalue weighted by Gasteiger charge is 2.39. The smallest absolute Gasteiger partial charge is 0.305 e. The minimum atomic E-state index is -0.721. The lowest BCUT2D eigenvalue weighted by atomic mass is 10.0. The number of fused-ring (bicyclic) bond motifs is 1. The van der Waals surface area contributed by atoms with Gasteiger partial charge >= 0.3 is 5.97 Å². The van der Waals surface area contributed by atoms with E-state index in [9.17, 15) is 9.90 Å². The van der Waals surface area contributed by atoms with Crippen molar-refractivity contribution in [1.29, 1.82) is 0 Å². The molecular weight excluding hydrogens is 444 g/mol. The second kappa shape index (κ2) is 13.1. The van der Waals surface area contributed by atoms with E-state index in [2.05, 4.69) is 6.92 Å². The Morgan fingerprint density at radius 2 is 1.83 bits per heavy atom. The fourth-order valence-electron chi connectivity index (χ4n) is 4.46. The molecule has 3 atom stereocenters. The van der Waals surface area contributed by atoms with E-state index in [1.54, 1.807) is 0 Å². The van der Waals surface area contributed by atoms with Crippen LogP contribution >= 0.6 is 0 Å². The molecule has 0 bridgehead atoms. The van der Waals surface area contributed by atoms with Gasteiger partial charge in [-0.05, 0) is 51.3 Å². The zero-order valence-electron chi connectivity index (χ0n) is 21.5. The van der Waals surface area contributed by atoms with Crippen LogP contribution in [0.4, 0.5) is 0 Å². The molecule has 7 nitrogen and oxygen atoms in total. The molecule has 0 spiro atoms. The van der Waals surface area contributed by atoms with Crippen molar-refractivity contribution in [2.45, 2.75) is 103 Å². The van der Waals surface area contributed by atoms with Gasteiger partial charge in [0.05, 0.1) is 41.7 Å². The van der Waals surface area contributed by atoms with E-state index in [0.717, 1.165) is 23.9 Å². The lowest BCUT2D eigenvalue weighted by molar-refractivity contribution is -0.144. The molecule has 1 aromatic carbocycles. The predicted molar refractivity (Wildman–Crippen MR) is 137 cm³/mol. The quantitative estimate of drug-likeness (QED) is 0.279. The van der Waals surface area contributed by atoms with Crippen LogP contribution in [0, 0.1) is 0 Å². The van der Waals surface area contributed by atoms with Gasteiger partial charge in [-0.3, -0.25) is 4.79 Å². The second-order valence-electron chi connectivity index (χ2n) is 9.67. The van der Waals surface area contributed by atoms with Crippen LogP contribution in [0.2, 0.25) is 0 Å². The van der Waals surface area contributed by atoms with Gasteiger partial charge < -0.3 is 19.3 Å². The van der Waals surface area contributed by atoms with Gasteiger partial charge in [0, 0.05) is 6.42 Å². The van der Waals surface area contributed by atoms with Gasteiger partial charge in [-0.15, -0.1) is 0 Å². The number of benzene rings is 1. The van der Waals surface area contributed by atoms with E-state index in [1.165, 1.54) is 26.4 Å². The van der Waals surface area contributed by atoms with E-state index in [0.29, 0.717) is 37.1 Å². The number of aliphatic hydroxyl groups excluding tert-OH is 1. The van der Waals surface area contributed by atoms with Crippen molar-refractivity contribution < 1.29 is 24.1 Å². The van der Waals surface area contributed by atoms with E-state index in [1.807, 2.05) is 50.3 Å². The number of methoxy groups -OCH3 is 1. The van der Waals surface area contributed by atoms with Crippen molar-refractivity contribution in [1.82, 2.24) is 9.97 Å². The third-order valence-corrected chi connectivity index (χ3v) is 6.29. The minimum absolute atomic E-state index is 0.189. The highest BCUT2D eigenvalue weighted by atomic mass is 16.7. The Labute approximate surface area is 208 Å². The minimum Gasteiger partial charge on any atom is -0.469 e. The summed E-state index contributed by atoms with van der Waals surface area (Å²) in [6.07, 6.45) is 10.6. The number of para-hydroxylation sites is 2. The van der Waals surface area contributed by atoms with Crippen LogP contribution in [0.1, 0.15) is 96.1 Å². The Kier molecular flexibility index (Phi) is 10.2. The number of unbranched alkanes of at least 4 members (excludes halogenated alkanes) is 4. The van der Waals surface area contributed by atoms with Gasteiger partial charge in [0.25, 0.3) is 0 Å². The number of ether oxygens (including phenoxy) is 3. The number of carbonyl (C=O) groups excluding carboxylic acids is 1. The van der Waals surface area contributed by atoms with Crippen molar-refractivity contribution >= 4 is 23.1 Å². The fourth-order valence-corrected chi connectivity index (χ4v) is 4.46. The summed E-state index contributed by atoms with van der Waals surface area (Å²) in [5.74, 6) is -0.948. The molecule has 192 valence electrons.